The van der Waals surface area contributed by atoms with E-state index in [4.69, 9.17) is 16.0 Å². The van der Waals surface area contributed by atoms with Crippen molar-refractivity contribution in [2.45, 2.75) is 6.54 Å². The van der Waals surface area contributed by atoms with Gasteiger partial charge in [-0.05, 0) is 29.8 Å². The summed E-state index contributed by atoms with van der Waals surface area (Å²) in [5.74, 6) is -0.806. The zero-order valence-electron chi connectivity index (χ0n) is 10.9. The van der Waals surface area contributed by atoms with Gasteiger partial charge >= 0.3 is 5.76 Å². The SMILES string of the molecule is O=C(NCc1ccccc1Cl)c1ccc2[nH]c(=O)oc2c1. The Balaban J connectivity index is 1.77. The van der Waals surface area contributed by atoms with E-state index in [2.05, 4.69) is 10.3 Å². The van der Waals surface area contributed by atoms with Crippen molar-refractivity contribution in [3.8, 4) is 0 Å². The van der Waals surface area contributed by atoms with Gasteiger partial charge < -0.3 is 9.73 Å². The Kier molecular flexibility index (Phi) is 3.50. The smallest absolute Gasteiger partial charge is 0.408 e. The molecule has 3 aromatic rings. The lowest BCUT2D eigenvalue weighted by Crippen LogP contribution is -2.22. The first-order valence-electron chi connectivity index (χ1n) is 6.28. The molecule has 0 radical (unpaired) electrons. The zero-order valence-corrected chi connectivity index (χ0v) is 11.6. The Morgan fingerprint density at radius 2 is 2.05 bits per heavy atom. The highest BCUT2D eigenvalue weighted by Crippen LogP contribution is 2.15. The second-order valence-electron chi connectivity index (χ2n) is 4.50. The largest absolute Gasteiger partial charge is 0.417 e. The number of H-pyrrole nitrogens is 1. The number of carbonyl (C=O) groups is 1. The monoisotopic (exact) mass is 302 g/mol. The fraction of sp³-hybridized carbons (Fsp3) is 0.0667. The number of benzene rings is 2. The first kappa shape index (κ1) is 13.5. The molecule has 0 fully saturated rings. The van der Waals surface area contributed by atoms with E-state index < -0.39 is 5.76 Å². The quantitative estimate of drug-likeness (QED) is 0.781. The van der Waals surface area contributed by atoms with Gasteiger partial charge in [0, 0.05) is 17.1 Å². The van der Waals surface area contributed by atoms with Crippen LogP contribution in [0.25, 0.3) is 11.1 Å². The number of amides is 1. The fourth-order valence-corrected chi connectivity index (χ4v) is 2.21. The molecule has 0 bridgehead atoms. The predicted octanol–water partition coefficient (Wildman–Crippen LogP) is 2.70. The number of fused-ring (bicyclic) bond motifs is 1. The summed E-state index contributed by atoms with van der Waals surface area (Å²) in [6.45, 7) is 0.327. The van der Waals surface area contributed by atoms with Gasteiger partial charge in [-0.1, -0.05) is 29.8 Å². The van der Waals surface area contributed by atoms with Gasteiger partial charge in [-0.3, -0.25) is 9.78 Å². The second-order valence-corrected chi connectivity index (χ2v) is 4.91. The molecule has 5 nitrogen and oxygen atoms in total. The number of aromatic nitrogens is 1. The molecule has 6 heteroatoms. The molecule has 0 aliphatic heterocycles. The van der Waals surface area contributed by atoms with Crippen molar-refractivity contribution >= 4 is 28.6 Å². The third-order valence-electron chi connectivity index (χ3n) is 3.08. The number of hydrogen-bond acceptors (Lipinski definition) is 3. The van der Waals surface area contributed by atoms with E-state index >= 15 is 0 Å². The van der Waals surface area contributed by atoms with Crippen molar-refractivity contribution in [2.24, 2.45) is 0 Å². The number of hydrogen-bond donors (Lipinski definition) is 2. The first-order chi connectivity index (χ1) is 10.1. The molecular weight excluding hydrogens is 292 g/mol. The molecule has 1 amide bonds. The van der Waals surface area contributed by atoms with Crippen LogP contribution in [0.2, 0.25) is 5.02 Å². The van der Waals surface area contributed by atoms with Crippen LogP contribution >= 0.6 is 11.6 Å². The number of rotatable bonds is 3. The lowest BCUT2D eigenvalue weighted by molar-refractivity contribution is 0.0951. The van der Waals surface area contributed by atoms with E-state index in [1.807, 2.05) is 18.2 Å². The summed E-state index contributed by atoms with van der Waals surface area (Å²) in [7, 11) is 0. The maximum Gasteiger partial charge on any atom is 0.417 e. The Hall–Kier alpha value is -2.53. The number of carbonyl (C=O) groups excluding carboxylic acids is 1. The summed E-state index contributed by atoms with van der Waals surface area (Å²) >= 11 is 6.03. The molecule has 3 rings (SSSR count). The topological polar surface area (TPSA) is 75.1 Å². The van der Waals surface area contributed by atoms with Crippen LogP contribution in [0, 0.1) is 0 Å². The molecule has 0 atom stereocenters. The van der Waals surface area contributed by atoms with Gasteiger partial charge in [0.15, 0.2) is 5.58 Å². The maximum absolute atomic E-state index is 12.1. The molecule has 0 unspecified atom stereocenters. The van der Waals surface area contributed by atoms with Crippen LogP contribution in [0.4, 0.5) is 0 Å². The number of nitrogens with one attached hydrogen (secondary N) is 2. The van der Waals surface area contributed by atoms with Crippen molar-refractivity contribution in [2.75, 3.05) is 0 Å². The molecule has 106 valence electrons. The number of oxazole rings is 1. The van der Waals surface area contributed by atoms with Crippen LogP contribution in [0.5, 0.6) is 0 Å². The minimum Gasteiger partial charge on any atom is -0.408 e. The second kappa shape index (κ2) is 5.46. The summed E-state index contributed by atoms with van der Waals surface area (Å²) in [6.07, 6.45) is 0. The Bertz CT molecular complexity index is 866. The molecule has 0 spiro atoms. The summed E-state index contributed by atoms with van der Waals surface area (Å²) < 4.78 is 4.93. The average molecular weight is 303 g/mol. The van der Waals surface area contributed by atoms with Crippen LogP contribution in [0.15, 0.2) is 51.7 Å². The van der Waals surface area contributed by atoms with Crippen LogP contribution in [-0.4, -0.2) is 10.9 Å². The molecule has 0 saturated heterocycles. The number of halogens is 1. The molecule has 1 aromatic heterocycles. The average Bonchev–Trinajstić information content (AvgIpc) is 2.85. The Labute approximate surface area is 124 Å². The third-order valence-corrected chi connectivity index (χ3v) is 3.45. The summed E-state index contributed by atoms with van der Waals surface area (Å²) in [6, 6.07) is 12.1. The van der Waals surface area contributed by atoms with E-state index in [0.717, 1.165) is 5.56 Å². The van der Waals surface area contributed by atoms with Crippen molar-refractivity contribution in [1.29, 1.82) is 0 Å². The Morgan fingerprint density at radius 1 is 1.24 bits per heavy atom. The molecular formula is C15H11ClN2O3. The summed E-state index contributed by atoms with van der Waals surface area (Å²) in [5.41, 5.74) is 2.16. The van der Waals surface area contributed by atoms with Crippen LogP contribution in [-0.2, 0) is 6.54 Å². The molecule has 1 heterocycles. The number of aromatic amines is 1. The van der Waals surface area contributed by atoms with Crippen molar-refractivity contribution in [3.05, 3.63) is 69.2 Å². The van der Waals surface area contributed by atoms with Gasteiger partial charge in [-0.2, -0.15) is 0 Å². The lowest BCUT2D eigenvalue weighted by atomic mass is 10.2. The van der Waals surface area contributed by atoms with Crippen LogP contribution in [0.1, 0.15) is 15.9 Å². The van der Waals surface area contributed by atoms with Crippen molar-refractivity contribution < 1.29 is 9.21 Å². The molecule has 2 aromatic carbocycles. The zero-order chi connectivity index (χ0) is 14.8. The summed E-state index contributed by atoms with van der Waals surface area (Å²) in [4.78, 5) is 25.7. The van der Waals surface area contributed by atoms with E-state index in [-0.39, 0.29) is 5.91 Å². The highest BCUT2D eigenvalue weighted by atomic mass is 35.5. The highest BCUT2D eigenvalue weighted by molar-refractivity contribution is 6.31. The maximum atomic E-state index is 12.1. The van der Waals surface area contributed by atoms with Crippen molar-refractivity contribution in [3.63, 3.8) is 0 Å². The Morgan fingerprint density at radius 3 is 2.86 bits per heavy atom. The van der Waals surface area contributed by atoms with E-state index in [9.17, 15) is 9.59 Å². The van der Waals surface area contributed by atoms with E-state index in [1.54, 1.807) is 18.2 Å². The van der Waals surface area contributed by atoms with Crippen LogP contribution in [0.3, 0.4) is 0 Å². The minimum absolute atomic E-state index is 0.263. The standard InChI is InChI=1S/C15H11ClN2O3/c16-11-4-2-1-3-10(11)8-17-14(19)9-5-6-12-13(7-9)21-15(20)18-12/h1-7H,8H2,(H,17,19)(H,18,20). The van der Waals surface area contributed by atoms with Crippen molar-refractivity contribution in [1.82, 2.24) is 10.3 Å². The van der Waals surface area contributed by atoms with E-state index in [0.29, 0.717) is 28.2 Å². The lowest BCUT2D eigenvalue weighted by Gasteiger charge is -2.06. The van der Waals surface area contributed by atoms with Gasteiger partial charge in [-0.25, -0.2) is 4.79 Å². The molecule has 0 aliphatic rings. The van der Waals surface area contributed by atoms with Gasteiger partial charge in [0.1, 0.15) is 0 Å². The van der Waals surface area contributed by atoms with E-state index in [1.165, 1.54) is 6.07 Å². The third kappa shape index (κ3) is 2.83. The van der Waals surface area contributed by atoms with Gasteiger partial charge in [0.25, 0.3) is 5.91 Å². The van der Waals surface area contributed by atoms with Gasteiger partial charge in [0.2, 0.25) is 0 Å². The molecule has 2 N–H and O–H groups in total. The molecule has 21 heavy (non-hydrogen) atoms. The molecule has 0 saturated carbocycles. The van der Waals surface area contributed by atoms with Gasteiger partial charge in [-0.15, -0.1) is 0 Å². The first-order valence-corrected chi connectivity index (χ1v) is 6.66. The van der Waals surface area contributed by atoms with Gasteiger partial charge in [0.05, 0.1) is 5.52 Å². The molecule has 0 aliphatic carbocycles. The highest BCUT2D eigenvalue weighted by Gasteiger charge is 2.09. The fourth-order valence-electron chi connectivity index (χ4n) is 2.01. The normalized spacial score (nSPS) is 10.7. The van der Waals surface area contributed by atoms with Crippen LogP contribution < -0.4 is 11.1 Å². The predicted molar refractivity (Wildman–Crippen MR) is 79.5 cm³/mol. The summed E-state index contributed by atoms with van der Waals surface area (Å²) in [5, 5.41) is 3.38. The minimum atomic E-state index is -0.543.